The van der Waals surface area contributed by atoms with E-state index in [-0.39, 0.29) is 17.2 Å². The maximum atomic E-state index is 13.2. The summed E-state index contributed by atoms with van der Waals surface area (Å²) in [5, 5.41) is 2.87. The standard InChI is InChI=1S/C18H16FN7O2/c1-9-5-13(16(27)21-6-9)23-17-22-8-14-15(25-17)26(18(28)24-14)10(2)12-4-3-11(19)7-20-12/h3-8,10H,1-2H3,(H,21,27)(H,24,28)(H,22,23,25). The van der Waals surface area contributed by atoms with Gasteiger partial charge in [-0.2, -0.15) is 4.98 Å². The second-order valence-electron chi connectivity index (χ2n) is 6.35. The topological polar surface area (TPSA) is 121 Å². The lowest BCUT2D eigenvalue weighted by Crippen LogP contribution is -2.22. The highest BCUT2D eigenvalue weighted by molar-refractivity contribution is 5.72. The molecular weight excluding hydrogens is 365 g/mol. The number of halogens is 1. The van der Waals surface area contributed by atoms with Gasteiger partial charge in [-0.05, 0) is 37.6 Å². The summed E-state index contributed by atoms with van der Waals surface area (Å²) in [4.78, 5) is 42.3. The number of nitrogens with zero attached hydrogens (tertiary/aromatic N) is 4. The molecule has 3 N–H and O–H groups in total. The van der Waals surface area contributed by atoms with Gasteiger partial charge < -0.3 is 15.3 Å². The molecule has 4 aromatic heterocycles. The molecular formula is C18H16FN7O2. The summed E-state index contributed by atoms with van der Waals surface area (Å²) < 4.78 is 14.6. The van der Waals surface area contributed by atoms with E-state index in [4.69, 9.17) is 0 Å². The molecule has 1 atom stereocenters. The number of anilines is 2. The van der Waals surface area contributed by atoms with Crippen LogP contribution in [-0.2, 0) is 0 Å². The van der Waals surface area contributed by atoms with Gasteiger partial charge in [0.25, 0.3) is 5.56 Å². The maximum Gasteiger partial charge on any atom is 0.328 e. The van der Waals surface area contributed by atoms with Crippen LogP contribution in [0.15, 0.2) is 46.4 Å². The summed E-state index contributed by atoms with van der Waals surface area (Å²) in [7, 11) is 0. The van der Waals surface area contributed by atoms with Gasteiger partial charge in [-0.15, -0.1) is 0 Å². The van der Waals surface area contributed by atoms with Crippen molar-refractivity contribution < 1.29 is 4.39 Å². The Labute approximate surface area is 157 Å². The Morgan fingerprint density at radius 1 is 1.21 bits per heavy atom. The molecule has 0 radical (unpaired) electrons. The van der Waals surface area contributed by atoms with Crippen molar-refractivity contribution in [3.63, 3.8) is 0 Å². The Kier molecular flexibility index (Phi) is 4.22. The van der Waals surface area contributed by atoms with Crippen LogP contribution in [-0.4, -0.2) is 29.5 Å². The molecule has 0 saturated carbocycles. The first-order valence-corrected chi connectivity index (χ1v) is 8.47. The molecule has 0 bridgehead atoms. The van der Waals surface area contributed by atoms with Crippen molar-refractivity contribution in [1.29, 1.82) is 0 Å². The second kappa shape index (κ2) is 6.72. The average Bonchev–Trinajstić information content (AvgIpc) is 3.00. The molecule has 4 aromatic rings. The van der Waals surface area contributed by atoms with Crippen molar-refractivity contribution in [2.75, 3.05) is 5.32 Å². The van der Waals surface area contributed by atoms with Gasteiger partial charge in [0.05, 0.1) is 24.1 Å². The van der Waals surface area contributed by atoms with Gasteiger partial charge in [0, 0.05) is 6.20 Å². The number of imidazole rings is 1. The number of nitrogens with one attached hydrogen (secondary N) is 3. The quantitative estimate of drug-likeness (QED) is 0.497. The van der Waals surface area contributed by atoms with E-state index in [9.17, 15) is 14.0 Å². The van der Waals surface area contributed by atoms with Crippen LogP contribution in [0.5, 0.6) is 0 Å². The lowest BCUT2D eigenvalue weighted by Gasteiger charge is -2.12. The number of aryl methyl sites for hydroxylation is 1. The monoisotopic (exact) mass is 381 g/mol. The van der Waals surface area contributed by atoms with Gasteiger partial charge in [0.1, 0.15) is 17.0 Å². The van der Waals surface area contributed by atoms with Crippen molar-refractivity contribution in [2.24, 2.45) is 0 Å². The van der Waals surface area contributed by atoms with E-state index in [2.05, 4.69) is 30.2 Å². The van der Waals surface area contributed by atoms with Gasteiger partial charge in [-0.25, -0.2) is 14.2 Å². The van der Waals surface area contributed by atoms with Gasteiger partial charge in [0.15, 0.2) is 5.65 Å². The SMILES string of the molecule is Cc1c[nH]c(=O)c(Nc2ncc3[nH]c(=O)n(C(C)c4ccc(F)cn4)c3n2)c1. The number of fused-ring (bicyclic) bond motifs is 1. The molecule has 0 aliphatic carbocycles. The Balaban J connectivity index is 1.78. The van der Waals surface area contributed by atoms with Crippen molar-refractivity contribution in [1.82, 2.24) is 29.5 Å². The van der Waals surface area contributed by atoms with Crippen LogP contribution in [0, 0.1) is 12.7 Å². The number of hydrogen-bond acceptors (Lipinski definition) is 6. The summed E-state index contributed by atoms with van der Waals surface area (Å²) in [6.45, 7) is 3.60. The number of rotatable bonds is 4. The first-order chi connectivity index (χ1) is 13.4. The fourth-order valence-corrected chi connectivity index (χ4v) is 2.91. The molecule has 4 rings (SSSR count). The highest BCUT2D eigenvalue weighted by Gasteiger charge is 2.18. The number of pyridine rings is 2. The van der Waals surface area contributed by atoms with Crippen molar-refractivity contribution in [2.45, 2.75) is 19.9 Å². The third-order valence-corrected chi connectivity index (χ3v) is 4.32. The van der Waals surface area contributed by atoms with Crippen LogP contribution in [0.4, 0.5) is 16.0 Å². The van der Waals surface area contributed by atoms with Crippen LogP contribution < -0.4 is 16.6 Å². The molecule has 28 heavy (non-hydrogen) atoms. The van der Waals surface area contributed by atoms with Crippen molar-refractivity contribution in [3.8, 4) is 0 Å². The van der Waals surface area contributed by atoms with E-state index in [1.807, 2.05) is 6.92 Å². The molecule has 4 heterocycles. The third-order valence-electron chi connectivity index (χ3n) is 4.32. The number of hydrogen-bond donors (Lipinski definition) is 3. The van der Waals surface area contributed by atoms with Crippen LogP contribution >= 0.6 is 0 Å². The Bertz CT molecular complexity index is 1270. The fraction of sp³-hybridized carbons (Fsp3) is 0.167. The van der Waals surface area contributed by atoms with E-state index in [0.717, 1.165) is 11.8 Å². The Hall–Kier alpha value is -3.82. The van der Waals surface area contributed by atoms with Gasteiger partial charge in [-0.1, -0.05) is 0 Å². The van der Waals surface area contributed by atoms with Gasteiger partial charge in [-0.3, -0.25) is 14.3 Å². The number of aromatic amines is 2. The first kappa shape index (κ1) is 17.6. The summed E-state index contributed by atoms with van der Waals surface area (Å²) in [5.74, 6) is -0.296. The van der Waals surface area contributed by atoms with E-state index < -0.39 is 17.5 Å². The predicted octanol–water partition coefficient (Wildman–Crippen LogP) is 2.00. The van der Waals surface area contributed by atoms with Crippen molar-refractivity contribution in [3.05, 3.63) is 74.7 Å². The molecule has 0 aliphatic rings. The third kappa shape index (κ3) is 3.15. The average molecular weight is 381 g/mol. The highest BCUT2D eigenvalue weighted by atomic mass is 19.1. The van der Waals surface area contributed by atoms with Gasteiger partial charge >= 0.3 is 5.69 Å². The predicted molar refractivity (Wildman–Crippen MR) is 101 cm³/mol. The van der Waals surface area contributed by atoms with E-state index in [0.29, 0.717) is 16.9 Å². The van der Waals surface area contributed by atoms with Crippen LogP contribution in [0.2, 0.25) is 0 Å². The van der Waals surface area contributed by atoms with Crippen molar-refractivity contribution >= 4 is 22.8 Å². The zero-order valence-corrected chi connectivity index (χ0v) is 15.0. The van der Waals surface area contributed by atoms with Gasteiger partial charge in [0.2, 0.25) is 5.95 Å². The van der Waals surface area contributed by atoms with E-state index in [1.54, 1.807) is 19.2 Å². The largest absolute Gasteiger partial charge is 0.328 e. The molecule has 1 unspecified atom stereocenters. The Morgan fingerprint density at radius 3 is 2.79 bits per heavy atom. The molecule has 0 aliphatic heterocycles. The molecule has 0 aromatic carbocycles. The zero-order chi connectivity index (χ0) is 19.8. The maximum absolute atomic E-state index is 13.2. The Morgan fingerprint density at radius 2 is 2.04 bits per heavy atom. The summed E-state index contributed by atoms with van der Waals surface area (Å²) in [5.41, 5.74) is 1.72. The summed E-state index contributed by atoms with van der Waals surface area (Å²) in [6.07, 6.45) is 4.15. The first-order valence-electron chi connectivity index (χ1n) is 8.47. The molecule has 0 amide bonds. The van der Waals surface area contributed by atoms with E-state index >= 15 is 0 Å². The molecule has 0 fully saturated rings. The van der Waals surface area contributed by atoms with Crippen LogP contribution in [0.1, 0.15) is 24.2 Å². The minimum atomic E-state index is -0.494. The zero-order valence-electron chi connectivity index (χ0n) is 15.0. The number of aromatic nitrogens is 6. The smallest absolute Gasteiger partial charge is 0.327 e. The van der Waals surface area contributed by atoms with Crippen LogP contribution in [0.3, 0.4) is 0 Å². The molecule has 142 valence electrons. The highest BCUT2D eigenvalue weighted by Crippen LogP contribution is 2.20. The second-order valence-corrected chi connectivity index (χ2v) is 6.35. The normalized spacial score (nSPS) is 12.2. The minimum Gasteiger partial charge on any atom is -0.327 e. The number of H-pyrrole nitrogens is 2. The molecule has 10 heteroatoms. The molecule has 0 spiro atoms. The lowest BCUT2D eigenvalue weighted by atomic mass is 10.2. The summed E-state index contributed by atoms with van der Waals surface area (Å²) in [6, 6.07) is 3.97. The fourth-order valence-electron chi connectivity index (χ4n) is 2.91. The minimum absolute atomic E-state index is 0.163. The molecule has 0 saturated heterocycles. The summed E-state index contributed by atoms with van der Waals surface area (Å²) >= 11 is 0. The molecule has 9 nitrogen and oxygen atoms in total. The van der Waals surface area contributed by atoms with Crippen LogP contribution in [0.25, 0.3) is 11.2 Å². The van der Waals surface area contributed by atoms with E-state index in [1.165, 1.54) is 22.9 Å². The lowest BCUT2D eigenvalue weighted by molar-refractivity contribution is 0.592.